The van der Waals surface area contributed by atoms with E-state index in [2.05, 4.69) is 68.8 Å². The van der Waals surface area contributed by atoms with Crippen LogP contribution in [0.1, 0.15) is 32.0 Å². The van der Waals surface area contributed by atoms with Gasteiger partial charge in [-0.1, -0.05) is 26.8 Å². The Kier molecular flexibility index (Phi) is 5.95. The van der Waals surface area contributed by atoms with E-state index in [9.17, 15) is 0 Å². The van der Waals surface area contributed by atoms with Crippen molar-refractivity contribution in [2.24, 2.45) is 5.41 Å². The lowest BCUT2D eigenvalue weighted by Crippen LogP contribution is -2.38. The molecule has 0 unspecified atom stereocenters. The second-order valence-electron chi connectivity index (χ2n) is 6.59. The average Bonchev–Trinajstić information content (AvgIpc) is 2.27. The van der Waals surface area contributed by atoms with Gasteiger partial charge >= 0.3 is 0 Å². The largest absolute Gasteiger partial charge is 0.309 e. The van der Waals surface area contributed by atoms with E-state index in [1.54, 1.807) is 0 Å². The van der Waals surface area contributed by atoms with Crippen LogP contribution in [0, 0.1) is 5.41 Å². The minimum atomic E-state index is 0.293. The lowest BCUT2D eigenvalue weighted by Gasteiger charge is -2.32. The highest BCUT2D eigenvalue weighted by molar-refractivity contribution is 5.13. The van der Waals surface area contributed by atoms with Crippen LogP contribution in [0.2, 0.25) is 0 Å². The molecule has 19 heavy (non-hydrogen) atoms. The molecule has 0 aromatic carbocycles. The predicted octanol–water partition coefficient (Wildman–Crippen LogP) is 2.66. The van der Waals surface area contributed by atoms with Crippen LogP contribution in [0.25, 0.3) is 0 Å². The molecule has 0 fully saturated rings. The summed E-state index contributed by atoms with van der Waals surface area (Å²) in [7, 11) is 6.44. The second kappa shape index (κ2) is 7.01. The van der Waals surface area contributed by atoms with Crippen molar-refractivity contribution in [3.63, 3.8) is 0 Å². The monoisotopic (exact) mass is 263 g/mol. The van der Waals surface area contributed by atoms with E-state index in [1.165, 1.54) is 5.56 Å². The second-order valence-corrected chi connectivity index (χ2v) is 6.59. The summed E-state index contributed by atoms with van der Waals surface area (Å²) >= 11 is 0. The molecule has 0 aliphatic rings. The topological polar surface area (TPSA) is 19.4 Å². The summed E-state index contributed by atoms with van der Waals surface area (Å²) < 4.78 is 0. The Balaban J connectivity index is 2.51. The molecule has 1 aromatic rings. The van der Waals surface area contributed by atoms with Gasteiger partial charge in [0.05, 0.1) is 5.69 Å². The summed E-state index contributed by atoms with van der Waals surface area (Å²) in [4.78, 5) is 9.14. The molecule has 0 atom stereocenters. The Morgan fingerprint density at radius 3 is 2.26 bits per heavy atom. The highest BCUT2D eigenvalue weighted by Crippen LogP contribution is 2.18. The standard InChI is InChI=1S/C16H29N3/c1-7-14-8-9-15(17-10-14)11-19(6)13-16(2,3)12-18(4)5/h8-10H,7,11-13H2,1-6H3. The molecule has 1 heterocycles. The summed E-state index contributed by atoms with van der Waals surface area (Å²) in [5.74, 6) is 0. The van der Waals surface area contributed by atoms with E-state index >= 15 is 0 Å². The van der Waals surface area contributed by atoms with Gasteiger partial charge in [-0.05, 0) is 44.6 Å². The molecule has 0 aliphatic carbocycles. The van der Waals surface area contributed by atoms with Crippen molar-refractivity contribution >= 4 is 0 Å². The van der Waals surface area contributed by atoms with Crippen LogP contribution in [-0.4, -0.2) is 49.0 Å². The van der Waals surface area contributed by atoms with Crippen molar-refractivity contribution in [2.45, 2.75) is 33.7 Å². The number of hydrogen-bond acceptors (Lipinski definition) is 3. The zero-order valence-corrected chi connectivity index (χ0v) is 13.4. The summed E-state index contributed by atoms with van der Waals surface area (Å²) in [6.07, 6.45) is 3.05. The van der Waals surface area contributed by atoms with Crippen molar-refractivity contribution in [1.29, 1.82) is 0 Å². The van der Waals surface area contributed by atoms with Gasteiger partial charge in [0.1, 0.15) is 0 Å². The molecule has 0 aliphatic heterocycles. The predicted molar refractivity (Wildman–Crippen MR) is 82.3 cm³/mol. The summed E-state index contributed by atoms with van der Waals surface area (Å²) in [5, 5.41) is 0. The van der Waals surface area contributed by atoms with Crippen molar-refractivity contribution in [1.82, 2.24) is 14.8 Å². The molecule has 0 spiro atoms. The van der Waals surface area contributed by atoms with Crippen LogP contribution in [0.5, 0.6) is 0 Å². The Morgan fingerprint density at radius 1 is 1.11 bits per heavy atom. The van der Waals surface area contributed by atoms with E-state index < -0.39 is 0 Å². The molecule has 0 bridgehead atoms. The lowest BCUT2D eigenvalue weighted by molar-refractivity contribution is 0.159. The molecule has 3 heteroatoms. The molecule has 108 valence electrons. The number of hydrogen-bond donors (Lipinski definition) is 0. The molecule has 0 radical (unpaired) electrons. The Morgan fingerprint density at radius 2 is 1.79 bits per heavy atom. The van der Waals surface area contributed by atoms with Crippen LogP contribution < -0.4 is 0 Å². The molecular weight excluding hydrogens is 234 g/mol. The molecule has 0 N–H and O–H groups in total. The first-order chi connectivity index (χ1) is 8.82. The van der Waals surface area contributed by atoms with E-state index in [0.29, 0.717) is 5.41 Å². The van der Waals surface area contributed by atoms with Gasteiger partial charge in [-0.3, -0.25) is 9.88 Å². The van der Waals surface area contributed by atoms with Crippen LogP contribution in [-0.2, 0) is 13.0 Å². The summed E-state index contributed by atoms with van der Waals surface area (Å²) in [6.45, 7) is 9.88. The summed E-state index contributed by atoms with van der Waals surface area (Å²) in [5.41, 5.74) is 2.75. The number of rotatable bonds is 7. The zero-order valence-electron chi connectivity index (χ0n) is 13.4. The number of nitrogens with zero attached hydrogens (tertiary/aromatic N) is 3. The number of pyridine rings is 1. The van der Waals surface area contributed by atoms with E-state index in [0.717, 1.165) is 31.7 Å². The molecule has 1 rings (SSSR count). The number of aryl methyl sites for hydroxylation is 1. The van der Waals surface area contributed by atoms with Crippen molar-refractivity contribution < 1.29 is 0 Å². The average molecular weight is 263 g/mol. The van der Waals surface area contributed by atoms with Crippen molar-refractivity contribution in [3.8, 4) is 0 Å². The molecule has 0 saturated carbocycles. The molecular formula is C16H29N3. The van der Waals surface area contributed by atoms with Gasteiger partial charge in [-0.15, -0.1) is 0 Å². The van der Waals surface area contributed by atoms with Gasteiger partial charge in [0.2, 0.25) is 0 Å². The van der Waals surface area contributed by atoms with Crippen molar-refractivity contribution in [3.05, 3.63) is 29.6 Å². The lowest BCUT2D eigenvalue weighted by atomic mass is 9.92. The quantitative estimate of drug-likeness (QED) is 0.754. The first-order valence-corrected chi connectivity index (χ1v) is 7.09. The highest BCUT2D eigenvalue weighted by Gasteiger charge is 2.21. The minimum Gasteiger partial charge on any atom is -0.309 e. The third-order valence-electron chi connectivity index (χ3n) is 3.17. The fourth-order valence-corrected chi connectivity index (χ4v) is 2.73. The third kappa shape index (κ3) is 6.17. The maximum absolute atomic E-state index is 4.53. The van der Waals surface area contributed by atoms with Gasteiger partial charge < -0.3 is 4.90 Å². The molecule has 0 saturated heterocycles. The van der Waals surface area contributed by atoms with Gasteiger partial charge in [-0.2, -0.15) is 0 Å². The first kappa shape index (κ1) is 16.1. The van der Waals surface area contributed by atoms with E-state index in [-0.39, 0.29) is 0 Å². The van der Waals surface area contributed by atoms with Gasteiger partial charge in [0, 0.05) is 25.8 Å². The third-order valence-corrected chi connectivity index (χ3v) is 3.17. The zero-order chi connectivity index (χ0) is 14.5. The SMILES string of the molecule is CCc1ccc(CN(C)CC(C)(C)CN(C)C)nc1. The van der Waals surface area contributed by atoms with Crippen LogP contribution in [0.3, 0.4) is 0 Å². The normalized spacial score (nSPS) is 12.4. The van der Waals surface area contributed by atoms with Crippen LogP contribution in [0.15, 0.2) is 18.3 Å². The van der Waals surface area contributed by atoms with Crippen LogP contribution >= 0.6 is 0 Å². The Hall–Kier alpha value is -0.930. The maximum Gasteiger partial charge on any atom is 0.0544 e. The smallest absolute Gasteiger partial charge is 0.0544 e. The van der Waals surface area contributed by atoms with E-state index in [4.69, 9.17) is 0 Å². The number of aromatic nitrogens is 1. The summed E-state index contributed by atoms with van der Waals surface area (Å²) in [6, 6.07) is 4.33. The molecule has 1 aromatic heterocycles. The van der Waals surface area contributed by atoms with Gasteiger partial charge in [0.15, 0.2) is 0 Å². The van der Waals surface area contributed by atoms with Crippen molar-refractivity contribution in [2.75, 3.05) is 34.2 Å². The Bertz CT molecular complexity index is 368. The minimum absolute atomic E-state index is 0.293. The Labute approximate surface area is 118 Å². The van der Waals surface area contributed by atoms with Gasteiger partial charge in [-0.25, -0.2) is 0 Å². The molecule has 3 nitrogen and oxygen atoms in total. The first-order valence-electron chi connectivity index (χ1n) is 7.09. The van der Waals surface area contributed by atoms with Gasteiger partial charge in [0.25, 0.3) is 0 Å². The van der Waals surface area contributed by atoms with E-state index in [1.807, 2.05) is 6.20 Å². The molecule has 0 amide bonds. The van der Waals surface area contributed by atoms with Crippen LogP contribution in [0.4, 0.5) is 0 Å². The highest BCUT2D eigenvalue weighted by atomic mass is 15.1. The fraction of sp³-hybridized carbons (Fsp3) is 0.688. The fourth-order valence-electron chi connectivity index (χ4n) is 2.73. The maximum atomic E-state index is 4.53.